The first-order valence-electron chi connectivity index (χ1n) is 7.60. The maximum absolute atomic E-state index is 6.27. The van der Waals surface area contributed by atoms with E-state index in [1.807, 2.05) is 0 Å². The summed E-state index contributed by atoms with van der Waals surface area (Å²) >= 11 is 0. The number of hydrogen-bond donors (Lipinski definition) is 0. The van der Waals surface area contributed by atoms with E-state index in [0.29, 0.717) is 0 Å². The van der Waals surface area contributed by atoms with Crippen LogP contribution in [-0.2, 0) is 10.8 Å². The van der Waals surface area contributed by atoms with Crippen molar-refractivity contribution in [3.05, 3.63) is 53.6 Å². The molecule has 0 aliphatic carbocycles. The van der Waals surface area contributed by atoms with E-state index in [0.717, 1.165) is 11.0 Å². The predicted octanol–water partition coefficient (Wildman–Crippen LogP) is 4.74. The molecule has 0 aliphatic rings. The van der Waals surface area contributed by atoms with E-state index in [2.05, 4.69) is 84.0 Å². The first kappa shape index (κ1) is 15.9. The van der Waals surface area contributed by atoms with Gasteiger partial charge >= 0.3 is 0 Å². The minimum absolute atomic E-state index is 0.128. The van der Waals surface area contributed by atoms with Crippen LogP contribution in [0.2, 0.25) is 0 Å². The van der Waals surface area contributed by atoms with E-state index in [9.17, 15) is 0 Å². The van der Waals surface area contributed by atoms with Gasteiger partial charge in [-0.05, 0) is 33.1 Å². The molecule has 0 aliphatic heterocycles. The van der Waals surface area contributed by atoms with Crippen molar-refractivity contribution in [2.24, 2.45) is 0 Å². The van der Waals surface area contributed by atoms with Gasteiger partial charge in [0.1, 0.15) is 7.85 Å². The van der Waals surface area contributed by atoms with Crippen molar-refractivity contribution >= 4 is 13.3 Å². The smallest absolute Gasteiger partial charge is 0.0887 e. The average Bonchev–Trinajstić information content (AvgIpc) is 2.36. The molecule has 2 aromatic carbocycles. The lowest BCUT2D eigenvalue weighted by Gasteiger charge is -2.22. The van der Waals surface area contributed by atoms with E-state index in [1.165, 1.54) is 16.7 Å². The third-order valence-corrected chi connectivity index (χ3v) is 3.98. The van der Waals surface area contributed by atoms with Crippen LogP contribution >= 0.6 is 0 Å². The molecule has 0 nitrogen and oxygen atoms in total. The second-order valence-corrected chi connectivity index (χ2v) is 7.88. The Morgan fingerprint density at radius 3 is 1.57 bits per heavy atom. The van der Waals surface area contributed by atoms with Gasteiger partial charge in [0.15, 0.2) is 0 Å². The molecule has 0 N–H and O–H groups in total. The zero-order valence-electron chi connectivity index (χ0n) is 14.1. The van der Waals surface area contributed by atoms with Crippen molar-refractivity contribution in [2.75, 3.05) is 0 Å². The second-order valence-electron chi connectivity index (χ2n) is 7.88. The molecule has 2 aromatic rings. The molecule has 0 bridgehead atoms. The fourth-order valence-electron chi connectivity index (χ4n) is 2.44. The van der Waals surface area contributed by atoms with Crippen molar-refractivity contribution in [2.45, 2.75) is 52.4 Å². The van der Waals surface area contributed by atoms with Gasteiger partial charge in [-0.15, -0.1) is 0 Å². The number of rotatable bonds is 1. The Labute approximate surface area is 131 Å². The highest BCUT2D eigenvalue weighted by atomic mass is 14.2. The summed E-state index contributed by atoms with van der Waals surface area (Å²) in [7, 11) is 6.27. The molecular formula is C20H25B. The van der Waals surface area contributed by atoms with Crippen molar-refractivity contribution in [1.82, 2.24) is 0 Å². The first-order chi connectivity index (χ1) is 9.59. The van der Waals surface area contributed by atoms with Crippen LogP contribution in [0.5, 0.6) is 0 Å². The van der Waals surface area contributed by atoms with Crippen LogP contribution in [0, 0.1) is 0 Å². The van der Waals surface area contributed by atoms with E-state index in [-0.39, 0.29) is 10.8 Å². The molecule has 0 saturated carbocycles. The Bertz CT molecular complexity index is 622. The summed E-state index contributed by atoms with van der Waals surface area (Å²) in [4.78, 5) is 0. The fourth-order valence-corrected chi connectivity index (χ4v) is 2.44. The zero-order valence-corrected chi connectivity index (χ0v) is 14.1. The van der Waals surface area contributed by atoms with Gasteiger partial charge in [0.25, 0.3) is 0 Å². The van der Waals surface area contributed by atoms with E-state index >= 15 is 0 Å². The molecule has 0 heterocycles. The number of benzene rings is 2. The minimum atomic E-state index is 0.128. The number of hydrogen-bond acceptors (Lipinski definition) is 0. The molecule has 0 aromatic heterocycles. The molecule has 0 saturated heterocycles. The highest BCUT2D eigenvalue weighted by Gasteiger charge is 2.16. The van der Waals surface area contributed by atoms with E-state index in [1.54, 1.807) is 0 Å². The summed E-state index contributed by atoms with van der Waals surface area (Å²) < 4.78 is 0. The third kappa shape index (κ3) is 3.58. The van der Waals surface area contributed by atoms with Crippen molar-refractivity contribution in [1.29, 1.82) is 0 Å². The Morgan fingerprint density at radius 2 is 1.14 bits per heavy atom. The Balaban J connectivity index is 2.39. The Morgan fingerprint density at radius 1 is 0.667 bits per heavy atom. The maximum atomic E-state index is 6.27. The van der Waals surface area contributed by atoms with Gasteiger partial charge < -0.3 is 0 Å². The van der Waals surface area contributed by atoms with Gasteiger partial charge in [0.2, 0.25) is 0 Å². The molecule has 108 valence electrons. The summed E-state index contributed by atoms with van der Waals surface area (Å²) in [6.45, 7) is 13.3. The molecule has 1 heteroatoms. The van der Waals surface area contributed by atoms with E-state index in [4.69, 9.17) is 7.85 Å². The van der Waals surface area contributed by atoms with Crippen molar-refractivity contribution in [3.8, 4) is 11.1 Å². The monoisotopic (exact) mass is 276 g/mol. The highest BCUT2D eigenvalue weighted by molar-refractivity contribution is 6.36. The van der Waals surface area contributed by atoms with E-state index < -0.39 is 0 Å². The predicted molar refractivity (Wildman–Crippen MR) is 94.7 cm³/mol. The lowest BCUT2D eigenvalue weighted by Crippen LogP contribution is -2.16. The lowest BCUT2D eigenvalue weighted by atomic mass is 9.79. The highest BCUT2D eigenvalue weighted by Crippen LogP contribution is 2.27. The van der Waals surface area contributed by atoms with Crippen LogP contribution in [0.3, 0.4) is 0 Å². The van der Waals surface area contributed by atoms with Gasteiger partial charge in [0.05, 0.1) is 0 Å². The molecule has 2 radical (unpaired) electrons. The summed E-state index contributed by atoms with van der Waals surface area (Å²) in [6, 6.07) is 15.2. The summed E-state index contributed by atoms with van der Waals surface area (Å²) in [5, 5.41) is 0. The van der Waals surface area contributed by atoms with Gasteiger partial charge in [-0.2, -0.15) is 0 Å². The molecule has 21 heavy (non-hydrogen) atoms. The molecule has 0 atom stereocenters. The zero-order chi connectivity index (χ0) is 15.8. The van der Waals surface area contributed by atoms with Gasteiger partial charge in [-0.25, -0.2) is 0 Å². The topological polar surface area (TPSA) is 0 Å². The molecular weight excluding hydrogens is 251 g/mol. The molecule has 2 rings (SSSR count). The SMILES string of the molecule is [B]c1cc(C(C)(C)C)ccc1-c1ccc(C(C)(C)C)cc1. The first-order valence-corrected chi connectivity index (χ1v) is 7.60. The molecule has 0 fully saturated rings. The molecule has 0 amide bonds. The third-order valence-electron chi connectivity index (χ3n) is 3.98. The summed E-state index contributed by atoms with van der Waals surface area (Å²) in [5.41, 5.74) is 6.07. The van der Waals surface area contributed by atoms with Gasteiger partial charge in [-0.1, -0.05) is 89.5 Å². The summed E-state index contributed by atoms with van der Waals surface area (Å²) in [5.74, 6) is 0. The van der Waals surface area contributed by atoms with Crippen LogP contribution in [0.1, 0.15) is 52.7 Å². The quantitative estimate of drug-likeness (QED) is 0.660. The maximum Gasteiger partial charge on any atom is 0.114 e. The lowest BCUT2D eigenvalue weighted by molar-refractivity contribution is 0.590. The summed E-state index contributed by atoms with van der Waals surface area (Å²) in [6.07, 6.45) is 0. The van der Waals surface area contributed by atoms with Crippen LogP contribution in [0.4, 0.5) is 0 Å². The van der Waals surface area contributed by atoms with Crippen molar-refractivity contribution in [3.63, 3.8) is 0 Å². The van der Waals surface area contributed by atoms with Crippen LogP contribution in [-0.4, -0.2) is 7.85 Å². The van der Waals surface area contributed by atoms with Gasteiger partial charge in [-0.3, -0.25) is 0 Å². The van der Waals surface area contributed by atoms with Crippen molar-refractivity contribution < 1.29 is 0 Å². The molecule has 0 unspecified atom stereocenters. The minimum Gasteiger partial charge on any atom is -0.0887 e. The fraction of sp³-hybridized carbons (Fsp3) is 0.400. The van der Waals surface area contributed by atoms with Gasteiger partial charge in [0, 0.05) is 0 Å². The van der Waals surface area contributed by atoms with Crippen LogP contribution in [0.25, 0.3) is 11.1 Å². The largest absolute Gasteiger partial charge is 0.114 e. The standard InChI is InChI=1S/C20H25B/c1-19(2,3)15-9-7-14(8-10-15)17-12-11-16(13-18(17)21)20(4,5)6/h7-13H,1-6H3. The Kier molecular flexibility index (Phi) is 4.06. The Hall–Kier alpha value is -1.50. The van der Waals surface area contributed by atoms with Crippen LogP contribution < -0.4 is 5.46 Å². The second kappa shape index (κ2) is 5.37. The normalized spacial score (nSPS) is 12.5. The average molecular weight is 276 g/mol. The molecule has 0 spiro atoms. The van der Waals surface area contributed by atoms with Crippen LogP contribution in [0.15, 0.2) is 42.5 Å².